The van der Waals surface area contributed by atoms with E-state index in [1.165, 1.54) is 17.0 Å². The molecule has 0 N–H and O–H groups in total. The van der Waals surface area contributed by atoms with Crippen molar-refractivity contribution in [1.82, 2.24) is 24.6 Å². The fraction of sp³-hybridized carbons (Fsp3) is 0.231. The van der Waals surface area contributed by atoms with E-state index in [4.69, 9.17) is 0 Å². The highest BCUT2D eigenvalue weighted by molar-refractivity contribution is 5.52. The summed E-state index contributed by atoms with van der Waals surface area (Å²) in [7, 11) is 0. The third-order valence-corrected chi connectivity index (χ3v) is 3.59. The van der Waals surface area contributed by atoms with Crippen LogP contribution in [0.3, 0.4) is 0 Å². The molecule has 0 spiro atoms. The predicted molar refractivity (Wildman–Crippen MR) is 65.1 cm³/mol. The Bertz CT molecular complexity index is 739. The second-order valence-electron chi connectivity index (χ2n) is 4.72. The number of imidazole rings is 1. The van der Waals surface area contributed by atoms with Gasteiger partial charge in [0.25, 0.3) is 0 Å². The number of hydrogen-bond acceptors (Lipinski definition) is 4. The monoisotopic (exact) mass is 255 g/mol. The van der Waals surface area contributed by atoms with Crippen molar-refractivity contribution in [2.75, 3.05) is 0 Å². The van der Waals surface area contributed by atoms with Gasteiger partial charge in [0.1, 0.15) is 6.33 Å². The van der Waals surface area contributed by atoms with Gasteiger partial charge in [0, 0.05) is 24.2 Å². The van der Waals surface area contributed by atoms with Crippen molar-refractivity contribution in [3.8, 4) is 0 Å². The Morgan fingerprint density at radius 3 is 2.84 bits per heavy atom. The number of halogens is 1. The normalized spacial score (nSPS) is 21.7. The van der Waals surface area contributed by atoms with Crippen LogP contribution in [0, 0.1) is 5.95 Å². The molecular formula is C13H10FN5. The maximum atomic E-state index is 13.4. The quantitative estimate of drug-likeness (QED) is 0.702. The van der Waals surface area contributed by atoms with Crippen molar-refractivity contribution in [3.63, 3.8) is 0 Å². The van der Waals surface area contributed by atoms with Gasteiger partial charge < -0.3 is 0 Å². The van der Waals surface area contributed by atoms with Gasteiger partial charge >= 0.3 is 0 Å². The first kappa shape index (κ1) is 10.5. The zero-order valence-electron chi connectivity index (χ0n) is 9.94. The summed E-state index contributed by atoms with van der Waals surface area (Å²) >= 11 is 0. The molecule has 0 saturated heterocycles. The number of fused-ring (bicyclic) bond motifs is 1. The first-order chi connectivity index (χ1) is 9.34. The average Bonchev–Trinajstić information content (AvgIpc) is 3.18. The van der Waals surface area contributed by atoms with Gasteiger partial charge in [0.15, 0.2) is 5.65 Å². The van der Waals surface area contributed by atoms with Gasteiger partial charge in [-0.05, 0) is 29.9 Å². The molecular weight excluding hydrogens is 245 g/mol. The highest BCUT2D eigenvalue weighted by Gasteiger charge is 2.41. The van der Waals surface area contributed by atoms with Crippen LogP contribution in [0.15, 0.2) is 37.2 Å². The van der Waals surface area contributed by atoms with Crippen LogP contribution >= 0.6 is 0 Å². The van der Waals surface area contributed by atoms with Crippen LogP contribution in [0.25, 0.3) is 5.65 Å². The summed E-state index contributed by atoms with van der Waals surface area (Å²) in [4.78, 5) is 12.2. The number of rotatable bonds is 2. The molecule has 1 saturated carbocycles. The van der Waals surface area contributed by atoms with E-state index in [1.54, 1.807) is 6.20 Å². The van der Waals surface area contributed by atoms with E-state index in [0.29, 0.717) is 17.5 Å². The molecule has 3 aromatic rings. The zero-order valence-corrected chi connectivity index (χ0v) is 9.94. The molecule has 3 aromatic heterocycles. The van der Waals surface area contributed by atoms with E-state index in [0.717, 1.165) is 17.5 Å². The Kier molecular flexibility index (Phi) is 2.11. The Morgan fingerprint density at radius 2 is 2.00 bits per heavy atom. The largest absolute Gasteiger partial charge is 0.245 e. The molecule has 4 rings (SSSR count). The van der Waals surface area contributed by atoms with E-state index >= 15 is 0 Å². The molecule has 0 aromatic carbocycles. The van der Waals surface area contributed by atoms with Crippen LogP contribution < -0.4 is 0 Å². The van der Waals surface area contributed by atoms with Gasteiger partial charge in [-0.3, -0.25) is 0 Å². The zero-order chi connectivity index (χ0) is 12.8. The second kappa shape index (κ2) is 3.81. The standard InChI is InChI=1S/C13H10FN5/c14-12-6-17-13-9(1-2-18-19(12)13)11-3-10(11)8-4-15-7-16-5-8/h1-2,4-7,10-11H,3H2/t10-,11-/m1/s1. The van der Waals surface area contributed by atoms with Crippen molar-refractivity contribution >= 4 is 5.65 Å². The number of aromatic nitrogens is 5. The fourth-order valence-corrected chi connectivity index (χ4v) is 2.59. The summed E-state index contributed by atoms with van der Waals surface area (Å²) in [5, 5.41) is 3.96. The average molecular weight is 255 g/mol. The smallest absolute Gasteiger partial charge is 0.234 e. The molecule has 5 nitrogen and oxygen atoms in total. The SMILES string of the molecule is Fc1cnc2c([C@H]3C[C@@H]3c3cncnc3)ccnn12. The molecule has 0 aliphatic heterocycles. The minimum absolute atomic E-state index is 0.346. The van der Waals surface area contributed by atoms with Crippen LogP contribution in [0.1, 0.15) is 29.4 Å². The highest BCUT2D eigenvalue weighted by Crippen LogP contribution is 2.54. The maximum Gasteiger partial charge on any atom is 0.234 e. The lowest BCUT2D eigenvalue weighted by molar-refractivity contribution is 0.548. The summed E-state index contributed by atoms with van der Waals surface area (Å²) in [5.74, 6) is 0.308. The van der Waals surface area contributed by atoms with Crippen molar-refractivity contribution < 1.29 is 4.39 Å². The van der Waals surface area contributed by atoms with E-state index in [9.17, 15) is 4.39 Å². The Labute approximate surface area is 108 Å². The van der Waals surface area contributed by atoms with Gasteiger partial charge in [-0.1, -0.05) is 0 Å². The lowest BCUT2D eigenvalue weighted by Crippen LogP contribution is -1.97. The van der Waals surface area contributed by atoms with Gasteiger partial charge in [0.05, 0.1) is 6.20 Å². The maximum absolute atomic E-state index is 13.4. The molecule has 19 heavy (non-hydrogen) atoms. The molecule has 0 amide bonds. The van der Waals surface area contributed by atoms with Crippen molar-refractivity contribution in [3.05, 3.63) is 54.3 Å². The third-order valence-electron chi connectivity index (χ3n) is 3.59. The highest BCUT2D eigenvalue weighted by atomic mass is 19.1. The van der Waals surface area contributed by atoms with Gasteiger partial charge in [-0.15, -0.1) is 0 Å². The number of hydrogen-bond donors (Lipinski definition) is 0. The van der Waals surface area contributed by atoms with Gasteiger partial charge in [-0.2, -0.15) is 14.0 Å². The van der Waals surface area contributed by atoms with Crippen LogP contribution in [0.5, 0.6) is 0 Å². The topological polar surface area (TPSA) is 56.0 Å². The summed E-state index contributed by atoms with van der Waals surface area (Å²) in [6.45, 7) is 0. The van der Waals surface area contributed by atoms with E-state index < -0.39 is 5.95 Å². The molecule has 1 fully saturated rings. The first-order valence-electron chi connectivity index (χ1n) is 6.07. The van der Waals surface area contributed by atoms with E-state index in [2.05, 4.69) is 20.1 Å². The number of nitrogens with zero attached hydrogens (tertiary/aromatic N) is 5. The Hall–Kier alpha value is -2.37. The molecule has 94 valence electrons. The predicted octanol–water partition coefficient (Wildman–Crippen LogP) is 1.93. The molecule has 0 radical (unpaired) electrons. The molecule has 2 atom stereocenters. The van der Waals surface area contributed by atoms with E-state index in [-0.39, 0.29) is 0 Å². The molecule has 0 unspecified atom stereocenters. The fourth-order valence-electron chi connectivity index (χ4n) is 2.59. The van der Waals surface area contributed by atoms with Crippen molar-refractivity contribution in [1.29, 1.82) is 0 Å². The minimum Gasteiger partial charge on any atom is -0.245 e. The molecule has 6 heteroatoms. The van der Waals surface area contributed by atoms with Crippen molar-refractivity contribution in [2.45, 2.75) is 18.3 Å². The van der Waals surface area contributed by atoms with Gasteiger partial charge in [-0.25, -0.2) is 15.0 Å². The first-order valence-corrected chi connectivity index (χ1v) is 6.07. The lowest BCUT2D eigenvalue weighted by atomic mass is 10.1. The Balaban J connectivity index is 1.74. The minimum atomic E-state index is -0.433. The van der Waals surface area contributed by atoms with Crippen LogP contribution in [-0.4, -0.2) is 24.6 Å². The summed E-state index contributed by atoms with van der Waals surface area (Å²) in [5.41, 5.74) is 2.76. The van der Waals surface area contributed by atoms with E-state index in [1.807, 2.05) is 18.5 Å². The van der Waals surface area contributed by atoms with Crippen LogP contribution in [0.2, 0.25) is 0 Å². The van der Waals surface area contributed by atoms with Crippen LogP contribution in [0.4, 0.5) is 4.39 Å². The lowest BCUT2D eigenvalue weighted by Gasteiger charge is -2.02. The summed E-state index contributed by atoms with van der Waals surface area (Å²) < 4.78 is 14.7. The molecule has 1 aliphatic rings. The Morgan fingerprint density at radius 1 is 1.16 bits per heavy atom. The van der Waals surface area contributed by atoms with Crippen molar-refractivity contribution in [2.24, 2.45) is 0 Å². The second-order valence-corrected chi connectivity index (χ2v) is 4.72. The molecule has 1 aliphatic carbocycles. The van der Waals surface area contributed by atoms with Crippen LogP contribution in [-0.2, 0) is 0 Å². The molecule has 3 heterocycles. The summed E-state index contributed by atoms with van der Waals surface area (Å²) in [6, 6.07) is 1.91. The third kappa shape index (κ3) is 1.60. The van der Waals surface area contributed by atoms with Gasteiger partial charge in [0.2, 0.25) is 5.95 Å². The summed E-state index contributed by atoms with van der Waals surface area (Å²) in [6.07, 6.45) is 9.03. The molecule has 0 bridgehead atoms.